The summed E-state index contributed by atoms with van der Waals surface area (Å²) in [5.74, 6) is -0.571. The minimum Gasteiger partial charge on any atom is -0.345 e. The molecule has 1 atom stereocenters. The van der Waals surface area contributed by atoms with Gasteiger partial charge in [0.15, 0.2) is 9.84 Å². The third kappa shape index (κ3) is 3.71. The normalized spacial score (nSPS) is 21.3. The van der Waals surface area contributed by atoms with Crippen LogP contribution in [0.1, 0.15) is 34.6 Å². The number of hydrogen-bond acceptors (Lipinski definition) is 4. The van der Waals surface area contributed by atoms with E-state index in [-0.39, 0.29) is 30.7 Å². The Bertz CT molecular complexity index is 491. The molecule has 2 amide bonds. The SMILES string of the molecule is CC(C)S(=O)(=O)CCN1C(=O)CNC(=O)C1C(C)(C)C. The number of carbonyl (C=O) groups excluding carboxylic acids is 2. The molecule has 0 aromatic rings. The molecule has 1 fully saturated rings. The first-order chi connectivity index (χ1) is 8.97. The van der Waals surface area contributed by atoms with Gasteiger partial charge in [-0.15, -0.1) is 0 Å². The highest BCUT2D eigenvalue weighted by atomic mass is 32.2. The number of nitrogens with one attached hydrogen (secondary N) is 1. The molecule has 0 bridgehead atoms. The Morgan fingerprint density at radius 3 is 2.30 bits per heavy atom. The molecule has 0 radical (unpaired) electrons. The van der Waals surface area contributed by atoms with Crippen molar-refractivity contribution in [1.29, 1.82) is 0 Å². The molecular formula is C13H24N2O4S. The number of piperazine rings is 1. The van der Waals surface area contributed by atoms with Crippen molar-refractivity contribution in [2.45, 2.75) is 45.9 Å². The van der Waals surface area contributed by atoms with Gasteiger partial charge in [0, 0.05) is 6.54 Å². The number of rotatable bonds is 4. The Hall–Kier alpha value is -1.11. The maximum Gasteiger partial charge on any atom is 0.243 e. The first-order valence-corrected chi connectivity index (χ1v) is 8.47. The van der Waals surface area contributed by atoms with Crippen molar-refractivity contribution in [3.63, 3.8) is 0 Å². The van der Waals surface area contributed by atoms with E-state index in [1.165, 1.54) is 4.90 Å². The second-order valence-corrected chi connectivity index (χ2v) is 9.17. The zero-order valence-corrected chi connectivity index (χ0v) is 13.6. The van der Waals surface area contributed by atoms with Crippen LogP contribution in [-0.2, 0) is 19.4 Å². The summed E-state index contributed by atoms with van der Waals surface area (Å²) in [5, 5.41) is 2.08. The van der Waals surface area contributed by atoms with Crippen LogP contribution in [0.25, 0.3) is 0 Å². The maximum absolute atomic E-state index is 12.0. The topological polar surface area (TPSA) is 83.6 Å². The molecule has 0 spiro atoms. The summed E-state index contributed by atoms with van der Waals surface area (Å²) in [6.45, 7) is 8.81. The molecule has 116 valence electrons. The highest BCUT2D eigenvalue weighted by Crippen LogP contribution is 2.26. The van der Waals surface area contributed by atoms with E-state index < -0.39 is 26.5 Å². The second-order valence-electron chi connectivity index (χ2n) is 6.49. The Labute approximate surface area is 120 Å². The quantitative estimate of drug-likeness (QED) is 0.803. The van der Waals surface area contributed by atoms with Gasteiger partial charge in [-0.3, -0.25) is 9.59 Å². The average Bonchev–Trinajstić information content (AvgIpc) is 2.28. The Balaban J connectivity index is 2.93. The molecule has 1 rings (SSSR count). The lowest BCUT2D eigenvalue weighted by Crippen LogP contribution is -2.63. The van der Waals surface area contributed by atoms with Gasteiger partial charge in [0.25, 0.3) is 0 Å². The number of carbonyl (C=O) groups is 2. The number of nitrogens with zero attached hydrogens (tertiary/aromatic N) is 1. The van der Waals surface area contributed by atoms with Crippen LogP contribution in [0, 0.1) is 5.41 Å². The lowest BCUT2D eigenvalue weighted by atomic mass is 9.84. The van der Waals surface area contributed by atoms with Crippen molar-refractivity contribution in [2.75, 3.05) is 18.8 Å². The summed E-state index contributed by atoms with van der Waals surface area (Å²) in [7, 11) is -3.23. The molecule has 0 aliphatic carbocycles. The first-order valence-electron chi connectivity index (χ1n) is 6.75. The average molecular weight is 304 g/mol. The summed E-state index contributed by atoms with van der Waals surface area (Å²) in [6.07, 6.45) is 0. The fourth-order valence-electron chi connectivity index (χ4n) is 2.22. The smallest absolute Gasteiger partial charge is 0.243 e. The molecule has 1 N–H and O–H groups in total. The van der Waals surface area contributed by atoms with E-state index in [9.17, 15) is 18.0 Å². The van der Waals surface area contributed by atoms with E-state index in [2.05, 4.69) is 5.32 Å². The van der Waals surface area contributed by atoms with Crippen LogP contribution in [-0.4, -0.2) is 55.3 Å². The van der Waals surface area contributed by atoms with Crippen molar-refractivity contribution in [3.05, 3.63) is 0 Å². The van der Waals surface area contributed by atoms with E-state index in [0.717, 1.165) is 0 Å². The van der Waals surface area contributed by atoms with E-state index >= 15 is 0 Å². The molecule has 0 saturated carbocycles. The number of hydrogen-bond donors (Lipinski definition) is 1. The Morgan fingerprint density at radius 2 is 1.85 bits per heavy atom. The first kappa shape index (κ1) is 16.9. The minimum absolute atomic E-state index is 0.0624. The lowest BCUT2D eigenvalue weighted by molar-refractivity contribution is -0.149. The van der Waals surface area contributed by atoms with Gasteiger partial charge < -0.3 is 10.2 Å². The van der Waals surface area contributed by atoms with Gasteiger partial charge >= 0.3 is 0 Å². The van der Waals surface area contributed by atoms with E-state index in [1.807, 2.05) is 20.8 Å². The molecule has 1 heterocycles. The predicted molar refractivity (Wildman–Crippen MR) is 76.9 cm³/mol. The summed E-state index contributed by atoms with van der Waals surface area (Å²) < 4.78 is 23.8. The zero-order valence-electron chi connectivity index (χ0n) is 12.8. The summed E-state index contributed by atoms with van der Waals surface area (Å²) in [6, 6.07) is -0.633. The van der Waals surface area contributed by atoms with Crippen LogP contribution in [0.2, 0.25) is 0 Å². The van der Waals surface area contributed by atoms with E-state index in [0.29, 0.717) is 0 Å². The monoisotopic (exact) mass is 304 g/mol. The maximum atomic E-state index is 12.0. The van der Waals surface area contributed by atoms with Crippen LogP contribution in [0.15, 0.2) is 0 Å². The molecule has 20 heavy (non-hydrogen) atoms. The molecule has 1 saturated heterocycles. The fraction of sp³-hybridized carbons (Fsp3) is 0.846. The van der Waals surface area contributed by atoms with Gasteiger partial charge in [-0.2, -0.15) is 0 Å². The van der Waals surface area contributed by atoms with Crippen LogP contribution in [0.3, 0.4) is 0 Å². The van der Waals surface area contributed by atoms with Crippen molar-refractivity contribution >= 4 is 21.7 Å². The van der Waals surface area contributed by atoms with Gasteiger partial charge in [-0.05, 0) is 19.3 Å². The highest BCUT2D eigenvalue weighted by Gasteiger charge is 2.42. The van der Waals surface area contributed by atoms with Crippen LogP contribution in [0.5, 0.6) is 0 Å². The van der Waals surface area contributed by atoms with Crippen LogP contribution < -0.4 is 5.32 Å². The molecular weight excluding hydrogens is 280 g/mol. The van der Waals surface area contributed by atoms with Crippen molar-refractivity contribution in [3.8, 4) is 0 Å². The van der Waals surface area contributed by atoms with E-state index in [4.69, 9.17) is 0 Å². The van der Waals surface area contributed by atoms with Crippen molar-refractivity contribution in [2.24, 2.45) is 5.41 Å². The van der Waals surface area contributed by atoms with Gasteiger partial charge in [-0.25, -0.2) is 8.42 Å². The predicted octanol–water partition coefficient (Wildman–Crippen LogP) is 0.183. The molecule has 1 unspecified atom stereocenters. The summed E-state index contributed by atoms with van der Waals surface area (Å²) >= 11 is 0. The standard InChI is InChI=1S/C13H24N2O4S/c1-9(2)20(18,19)7-6-15-10(16)8-14-12(17)11(15)13(3,4)5/h9,11H,6-8H2,1-5H3,(H,14,17). The third-order valence-corrected chi connectivity index (χ3v) is 5.64. The summed E-state index contributed by atoms with van der Waals surface area (Å²) in [5.41, 5.74) is -0.443. The lowest BCUT2D eigenvalue weighted by Gasteiger charge is -2.42. The molecule has 1 aliphatic rings. The fourth-order valence-corrected chi connectivity index (χ4v) is 3.14. The number of sulfone groups is 1. The molecule has 7 heteroatoms. The van der Waals surface area contributed by atoms with Gasteiger partial charge in [0.2, 0.25) is 11.8 Å². The van der Waals surface area contributed by atoms with Gasteiger partial charge in [0.1, 0.15) is 6.04 Å². The zero-order chi connectivity index (χ0) is 15.7. The molecule has 0 aromatic heterocycles. The third-order valence-electron chi connectivity index (χ3n) is 3.45. The largest absolute Gasteiger partial charge is 0.345 e. The second kappa shape index (κ2) is 5.71. The van der Waals surface area contributed by atoms with Crippen LogP contribution >= 0.6 is 0 Å². The van der Waals surface area contributed by atoms with Crippen molar-refractivity contribution < 1.29 is 18.0 Å². The Morgan fingerprint density at radius 1 is 1.30 bits per heavy atom. The minimum atomic E-state index is -3.23. The molecule has 6 nitrogen and oxygen atoms in total. The highest BCUT2D eigenvalue weighted by molar-refractivity contribution is 7.92. The Kier molecular flexibility index (Phi) is 4.84. The van der Waals surface area contributed by atoms with E-state index in [1.54, 1.807) is 13.8 Å². The number of amides is 2. The summed E-state index contributed by atoms with van der Waals surface area (Å²) in [4.78, 5) is 25.4. The van der Waals surface area contributed by atoms with Gasteiger partial charge in [-0.1, -0.05) is 20.8 Å². The van der Waals surface area contributed by atoms with Crippen LogP contribution in [0.4, 0.5) is 0 Å². The van der Waals surface area contributed by atoms with Crippen molar-refractivity contribution in [1.82, 2.24) is 10.2 Å². The molecule has 0 aromatic carbocycles. The molecule has 1 aliphatic heterocycles. The van der Waals surface area contributed by atoms with Gasteiger partial charge in [0.05, 0.1) is 17.5 Å².